The summed E-state index contributed by atoms with van der Waals surface area (Å²) in [5.74, 6) is 5.18. The summed E-state index contributed by atoms with van der Waals surface area (Å²) in [6, 6.07) is 0. The van der Waals surface area contributed by atoms with E-state index in [1.165, 1.54) is 57.8 Å². The van der Waals surface area contributed by atoms with Crippen LogP contribution in [0.5, 0.6) is 0 Å². The second kappa shape index (κ2) is 7.87. The van der Waals surface area contributed by atoms with Gasteiger partial charge in [-0.25, -0.2) is 0 Å². The van der Waals surface area contributed by atoms with Crippen LogP contribution in [0.4, 0.5) is 0 Å². The molecule has 0 aromatic carbocycles. The number of hydrogen-bond donors (Lipinski definition) is 0. The van der Waals surface area contributed by atoms with Crippen molar-refractivity contribution in [1.82, 2.24) is 0 Å². The zero-order valence-corrected chi connectivity index (χ0v) is 22.2. The lowest BCUT2D eigenvalue weighted by Crippen LogP contribution is -2.62. The van der Waals surface area contributed by atoms with Gasteiger partial charge in [0, 0.05) is 11.8 Å². The molecule has 4 fully saturated rings. The molecule has 0 unspecified atom stereocenters. The molecular formula is C30H52O. The molecule has 4 saturated carbocycles. The molecule has 4 rings (SSSR count). The van der Waals surface area contributed by atoms with Gasteiger partial charge in [-0.2, -0.15) is 0 Å². The summed E-state index contributed by atoms with van der Waals surface area (Å²) in [6.07, 6.45) is 14.3. The SMILES string of the molecule is CC(C)CCC[C@@H](C)[C@H]1CC[C@@]2(C)[C@@H]3CC[C@H]4C(C)(C)CCC(=O)[C@]4(C)[C@H]3CC[C@]12C. The molecule has 4 aliphatic rings. The van der Waals surface area contributed by atoms with Crippen molar-refractivity contribution < 1.29 is 4.79 Å². The van der Waals surface area contributed by atoms with E-state index in [2.05, 4.69) is 55.4 Å². The smallest absolute Gasteiger partial charge is 0.139 e. The van der Waals surface area contributed by atoms with E-state index in [9.17, 15) is 4.79 Å². The maximum Gasteiger partial charge on any atom is 0.139 e. The van der Waals surface area contributed by atoms with Crippen molar-refractivity contribution in [2.24, 2.45) is 57.2 Å². The van der Waals surface area contributed by atoms with Gasteiger partial charge in [0.15, 0.2) is 0 Å². The molecule has 0 spiro atoms. The van der Waals surface area contributed by atoms with Gasteiger partial charge in [-0.1, -0.05) is 74.7 Å². The van der Waals surface area contributed by atoms with Gasteiger partial charge in [0.1, 0.15) is 5.78 Å². The number of Topliss-reactive ketones (excluding diaryl/α,β-unsaturated/α-hetero) is 1. The molecule has 31 heavy (non-hydrogen) atoms. The fraction of sp³-hybridized carbons (Fsp3) is 0.967. The Kier molecular flexibility index (Phi) is 6.05. The second-order valence-electron chi connectivity index (χ2n) is 14.4. The molecule has 0 aliphatic heterocycles. The maximum absolute atomic E-state index is 13.5. The van der Waals surface area contributed by atoms with Gasteiger partial charge in [0.25, 0.3) is 0 Å². The first-order valence-electron chi connectivity index (χ1n) is 13.9. The number of ketones is 1. The Morgan fingerprint density at radius 1 is 0.806 bits per heavy atom. The lowest BCUT2D eigenvalue weighted by Gasteiger charge is -2.66. The molecule has 0 saturated heterocycles. The van der Waals surface area contributed by atoms with E-state index in [0.29, 0.717) is 33.9 Å². The number of fused-ring (bicyclic) bond motifs is 5. The highest BCUT2D eigenvalue weighted by atomic mass is 16.1. The summed E-state index contributed by atoms with van der Waals surface area (Å²) in [4.78, 5) is 13.5. The summed E-state index contributed by atoms with van der Waals surface area (Å²) in [5.41, 5.74) is 1.18. The van der Waals surface area contributed by atoms with Crippen molar-refractivity contribution in [2.75, 3.05) is 0 Å². The van der Waals surface area contributed by atoms with Crippen molar-refractivity contribution in [3.63, 3.8) is 0 Å². The van der Waals surface area contributed by atoms with E-state index >= 15 is 0 Å². The molecule has 0 amide bonds. The second-order valence-corrected chi connectivity index (χ2v) is 14.4. The van der Waals surface area contributed by atoms with Gasteiger partial charge in [-0.05, 0) is 96.7 Å². The Labute approximate surface area is 193 Å². The van der Waals surface area contributed by atoms with Crippen LogP contribution in [-0.4, -0.2) is 5.78 Å². The maximum atomic E-state index is 13.5. The largest absolute Gasteiger partial charge is 0.299 e. The van der Waals surface area contributed by atoms with Gasteiger partial charge in [0.05, 0.1) is 0 Å². The third-order valence-electron chi connectivity index (χ3n) is 12.3. The average Bonchev–Trinajstić information content (AvgIpc) is 2.96. The van der Waals surface area contributed by atoms with E-state index in [-0.39, 0.29) is 5.41 Å². The minimum Gasteiger partial charge on any atom is -0.299 e. The summed E-state index contributed by atoms with van der Waals surface area (Å²) >= 11 is 0. The molecule has 8 atom stereocenters. The Balaban J connectivity index is 1.59. The predicted molar refractivity (Wildman–Crippen MR) is 132 cm³/mol. The summed E-state index contributed by atoms with van der Waals surface area (Å²) in [7, 11) is 0. The van der Waals surface area contributed by atoms with Crippen LogP contribution in [0.3, 0.4) is 0 Å². The molecule has 1 nitrogen and oxygen atoms in total. The quantitative estimate of drug-likeness (QED) is 0.428. The highest BCUT2D eigenvalue weighted by molar-refractivity contribution is 5.86. The monoisotopic (exact) mass is 428 g/mol. The fourth-order valence-electron chi connectivity index (χ4n) is 10.2. The van der Waals surface area contributed by atoms with E-state index < -0.39 is 0 Å². The summed E-state index contributed by atoms with van der Waals surface area (Å²) in [6.45, 7) is 20.0. The number of hydrogen-bond acceptors (Lipinski definition) is 1. The first-order valence-corrected chi connectivity index (χ1v) is 13.9. The number of rotatable bonds is 5. The lowest BCUT2D eigenvalue weighted by molar-refractivity contribution is -0.185. The molecule has 0 N–H and O–H groups in total. The predicted octanol–water partition coefficient (Wildman–Crippen LogP) is 8.70. The topological polar surface area (TPSA) is 17.1 Å². The molecule has 0 heterocycles. The Morgan fingerprint density at radius 3 is 2.16 bits per heavy atom. The minimum atomic E-state index is -0.0595. The number of carbonyl (C=O) groups excluding carboxylic acids is 1. The van der Waals surface area contributed by atoms with E-state index in [0.717, 1.165) is 36.5 Å². The summed E-state index contributed by atoms with van der Waals surface area (Å²) < 4.78 is 0. The normalized spacial score (nSPS) is 47.6. The zero-order valence-electron chi connectivity index (χ0n) is 22.2. The molecule has 0 aromatic rings. The summed E-state index contributed by atoms with van der Waals surface area (Å²) in [5, 5.41) is 0. The van der Waals surface area contributed by atoms with Crippen LogP contribution in [0.25, 0.3) is 0 Å². The lowest BCUT2D eigenvalue weighted by atomic mass is 9.38. The van der Waals surface area contributed by atoms with Crippen LogP contribution >= 0.6 is 0 Å². The van der Waals surface area contributed by atoms with E-state index in [1.807, 2.05) is 0 Å². The van der Waals surface area contributed by atoms with Gasteiger partial charge in [0.2, 0.25) is 0 Å². The van der Waals surface area contributed by atoms with Gasteiger partial charge >= 0.3 is 0 Å². The molecule has 0 bridgehead atoms. The van der Waals surface area contributed by atoms with Crippen LogP contribution < -0.4 is 0 Å². The van der Waals surface area contributed by atoms with Crippen LogP contribution in [0.15, 0.2) is 0 Å². The van der Waals surface area contributed by atoms with Gasteiger partial charge < -0.3 is 0 Å². The molecule has 178 valence electrons. The van der Waals surface area contributed by atoms with Crippen LogP contribution in [0, 0.1) is 57.2 Å². The Morgan fingerprint density at radius 2 is 1.48 bits per heavy atom. The van der Waals surface area contributed by atoms with Crippen LogP contribution in [0.2, 0.25) is 0 Å². The standard InChI is InChI=1S/C30H52O/c1-20(2)10-9-11-21(3)22-14-18-29(7)23-12-13-25-27(4,5)17-16-26(31)30(25,8)24(23)15-19-28(22,29)6/h20-25H,9-19H2,1-8H3/t21-,22-,23-,24+,25+,28-,29+,30-/m1/s1. The fourth-order valence-corrected chi connectivity index (χ4v) is 10.2. The van der Waals surface area contributed by atoms with Crippen molar-refractivity contribution in [3.05, 3.63) is 0 Å². The highest BCUT2D eigenvalue weighted by Gasteiger charge is 2.68. The van der Waals surface area contributed by atoms with Crippen molar-refractivity contribution >= 4 is 5.78 Å². The third-order valence-corrected chi connectivity index (χ3v) is 12.3. The molecule has 4 aliphatic carbocycles. The van der Waals surface area contributed by atoms with Crippen LogP contribution in [-0.2, 0) is 4.79 Å². The van der Waals surface area contributed by atoms with E-state index in [1.54, 1.807) is 0 Å². The first kappa shape index (κ1) is 23.8. The highest BCUT2D eigenvalue weighted by Crippen LogP contribution is 2.74. The zero-order chi connectivity index (χ0) is 22.8. The molecular weight excluding hydrogens is 376 g/mol. The van der Waals surface area contributed by atoms with Crippen molar-refractivity contribution in [1.29, 1.82) is 0 Å². The van der Waals surface area contributed by atoms with Crippen LogP contribution in [0.1, 0.15) is 126 Å². The van der Waals surface area contributed by atoms with Gasteiger partial charge in [-0.3, -0.25) is 4.79 Å². The molecule has 1 heteroatoms. The van der Waals surface area contributed by atoms with Gasteiger partial charge in [-0.15, -0.1) is 0 Å². The molecule has 0 radical (unpaired) electrons. The number of carbonyl (C=O) groups is 1. The first-order chi connectivity index (χ1) is 14.4. The van der Waals surface area contributed by atoms with Crippen molar-refractivity contribution in [3.8, 4) is 0 Å². The Hall–Kier alpha value is -0.330. The molecule has 0 aromatic heterocycles. The van der Waals surface area contributed by atoms with Crippen molar-refractivity contribution in [2.45, 2.75) is 126 Å². The van der Waals surface area contributed by atoms with E-state index in [4.69, 9.17) is 0 Å². The minimum absolute atomic E-state index is 0.0595. The third kappa shape index (κ3) is 3.41. The Bertz CT molecular complexity index is 691. The average molecular weight is 429 g/mol.